The molecule has 1 aromatic heterocycles. The van der Waals surface area contributed by atoms with Crippen molar-refractivity contribution in [3.63, 3.8) is 0 Å². The highest BCUT2D eigenvalue weighted by Crippen LogP contribution is 2.23. The molecule has 0 aliphatic carbocycles. The monoisotopic (exact) mass is 349 g/mol. The van der Waals surface area contributed by atoms with Crippen molar-refractivity contribution >= 4 is 17.8 Å². The maximum absolute atomic E-state index is 12.2. The molecule has 0 radical (unpaired) electrons. The van der Waals surface area contributed by atoms with Crippen LogP contribution in [-0.2, 0) is 16.2 Å². The number of aromatic nitrogens is 4. The molecule has 1 aliphatic heterocycles. The van der Waals surface area contributed by atoms with Crippen LogP contribution in [0.4, 0.5) is 0 Å². The average molecular weight is 349 g/mol. The molecule has 0 N–H and O–H groups in total. The van der Waals surface area contributed by atoms with E-state index in [-0.39, 0.29) is 17.7 Å². The number of carbonyl (C=O) groups is 3. The second-order valence-corrected chi connectivity index (χ2v) is 5.44. The van der Waals surface area contributed by atoms with Crippen molar-refractivity contribution in [1.29, 1.82) is 0 Å². The van der Waals surface area contributed by atoms with Gasteiger partial charge in [-0.15, -0.1) is 5.10 Å². The number of hydroxylamine groups is 2. The summed E-state index contributed by atoms with van der Waals surface area (Å²) in [7, 11) is 0. The normalized spacial score (nSPS) is 13.0. The Morgan fingerprint density at radius 3 is 2.19 bits per heavy atom. The number of imide groups is 1. The van der Waals surface area contributed by atoms with Crippen molar-refractivity contribution < 1.29 is 19.2 Å². The average Bonchev–Trinajstić information content (AvgIpc) is 3.22. The highest BCUT2D eigenvalue weighted by Gasteiger charge is 2.38. The standard InChI is InChI=1S/C17H11N5O4/c23-14(10-21-15(18-19-20-21)11-6-2-1-3-7-11)26-22-16(24)12-8-4-5-9-13(12)17(22)25/h1-9H,10H2. The first-order valence-electron chi connectivity index (χ1n) is 7.65. The van der Waals surface area contributed by atoms with E-state index >= 15 is 0 Å². The van der Waals surface area contributed by atoms with E-state index in [2.05, 4.69) is 15.5 Å². The zero-order valence-electron chi connectivity index (χ0n) is 13.3. The summed E-state index contributed by atoms with van der Waals surface area (Å²) in [6.45, 7) is -0.357. The van der Waals surface area contributed by atoms with Crippen molar-refractivity contribution in [2.24, 2.45) is 0 Å². The Bertz CT molecular complexity index is 980. The predicted molar refractivity (Wildman–Crippen MR) is 86.3 cm³/mol. The first kappa shape index (κ1) is 15.6. The second-order valence-electron chi connectivity index (χ2n) is 5.44. The fraction of sp³-hybridized carbons (Fsp3) is 0.0588. The van der Waals surface area contributed by atoms with E-state index in [0.717, 1.165) is 0 Å². The van der Waals surface area contributed by atoms with Crippen LogP contribution in [0.15, 0.2) is 54.6 Å². The number of nitrogens with zero attached hydrogens (tertiary/aromatic N) is 5. The van der Waals surface area contributed by atoms with Crippen molar-refractivity contribution in [3.05, 3.63) is 65.7 Å². The molecule has 3 aromatic rings. The zero-order chi connectivity index (χ0) is 18.1. The van der Waals surface area contributed by atoms with E-state index in [1.54, 1.807) is 24.3 Å². The predicted octanol–water partition coefficient (Wildman–Crippen LogP) is 1.09. The minimum Gasteiger partial charge on any atom is -0.328 e. The topological polar surface area (TPSA) is 107 Å². The molecule has 2 amide bonds. The number of hydrogen-bond acceptors (Lipinski definition) is 7. The van der Waals surface area contributed by atoms with Gasteiger partial charge < -0.3 is 4.84 Å². The van der Waals surface area contributed by atoms with Gasteiger partial charge in [0.15, 0.2) is 5.82 Å². The quantitative estimate of drug-likeness (QED) is 0.649. The Hall–Kier alpha value is -3.88. The van der Waals surface area contributed by atoms with Crippen molar-refractivity contribution in [3.8, 4) is 11.4 Å². The lowest BCUT2D eigenvalue weighted by molar-refractivity contribution is -0.169. The molecular formula is C17H11N5O4. The second kappa shape index (κ2) is 6.20. The molecule has 0 spiro atoms. The summed E-state index contributed by atoms with van der Waals surface area (Å²) in [6.07, 6.45) is 0. The van der Waals surface area contributed by atoms with Crippen LogP contribution in [-0.4, -0.2) is 43.1 Å². The molecule has 2 aromatic carbocycles. The molecule has 0 bridgehead atoms. The van der Waals surface area contributed by atoms with E-state index in [0.29, 0.717) is 16.5 Å². The largest absolute Gasteiger partial charge is 0.354 e. The Labute approximate surface area is 146 Å². The number of rotatable bonds is 4. The maximum Gasteiger partial charge on any atom is 0.354 e. The van der Waals surface area contributed by atoms with E-state index in [4.69, 9.17) is 4.84 Å². The van der Waals surface area contributed by atoms with E-state index < -0.39 is 17.8 Å². The highest BCUT2D eigenvalue weighted by atomic mass is 16.7. The first-order chi connectivity index (χ1) is 12.6. The van der Waals surface area contributed by atoms with Crippen LogP contribution in [0, 0.1) is 0 Å². The minimum atomic E-state index is -0.844. The van der Waals surface area contributed by atoms with E-state index in [9.17, 15) is 14.4 Å². The van der Waals surface area contributed by atoms with Gasteiger partial charge in [-0.3, -0.25) is 9.59 Å². The fourth-order valence-electron chi connectivity index (χ4n) is 2.61. The van der Waals surface area contributed by atoms with Crippen LogP contribution in [0.1, 0.15) is 20.7 Å². The van der Waals surface area contributed by atoms with Gasteiger partial charge in [-0.05, 0) is 22.6 Å². The van der Waals surface area contributed by atoms with Gasteiger partial charge in [0, 0.05) is 5.56 Å². The third-order valence-corrected chi connectivity index (χ3v) is 3.79. The molecule has 9 heteroatoms. The van der Waals surface area contributed by atoms with Crippen LogP contribution in [0.2, 0.25) is 0 Å². The number of carbonyl (C=O) groups excluding carboxylic acids is 3. The lowest BCUT2D eigenvalue weighted by Gasteiger charge is -2.12. The molecular weight excluding hydrogens is 338 g/mol. The molecule has 0 unspecified atom stereocenters. The summed E-state index contributed by atoms with van der Waals surface area (Å²) in [5, 5.41) is 11.6. The Balaban J connectivity index is 1.51. The minimum absolute atomic E-state index is 0.192. The zero-order valence-corrected chi connectivity index (χ0v) is 13.3. The molecule has 0 saturated heterocycles. The summed E-state index contributed by atoms with van der Waals surface area (Å²) < 4.78 is 1.23. The lowest BCUT2D eigenvalue weighted by atomic mass is 10.1. The van der Waals surface area contributed by atoms with Gasteiger partial charge in [0.1, 0.15) is 6.54 Å². The summed E-state index contributed by atoms with van der Waals surface area (Å²) in [5.74, 6) is -1.84. The number of fused-ring (bicyclic) bond motifs is 1. The molecule has 9 nitrogen and oxygen atoms in total. The molecule has 0 saturated carbocycles. The number of amides is 2. The number of tetrazole rings is 1. The molecule has 0 fully saturated rings. The van der Waals surface area contributed by atoms with Gasteiger partial charge in [0.05, 0.1) is 11.1 Å². The third-order valence-electron chi connectivity index (χ3n) is 3.79. The van der Waals surface area contributed by atoms with Gasteiger partial charge in [-0.1, -0.05) is 47.5 Å². The van der Waals surface area contributed by atoms with Gasteiger partial charge in [-0.2, -0.15) is 0 Å². The molecule has 26 heavy (non-hydrogen) atoms. The van der Waals surface area contributed by atoms with E-state index in [1.165, 1.54) is 16.8 Å². The fourth-order valence-corrected chi connectivity index (χ4v) is 2.61. The van der Waals surface area contributed by atoms with Crippen molar-refractivity contribution in [1.82, 2.24) is 25.3 Å². The Kier molecular flexibility index (Phi) is 3.73. The van der Waals surface area contributed by atoms with Crippen LogP contribution in [0.3, 0.4) is 0 Å². The molecule has 128 valence electrons. The van der Waals surface area contributed by atoms with Gasteiger partial charge in [-0.25, -0.2) is 9.48 Å². The lowest BCUT2D eigenvalue weighted by Crippen LogP contribution is -2.34. The van der Waals surface area contributed by atoms with Crippen molar-refractivity contribution in [2.45, 2.75) is 6.54 Å². The van der Waals surface area contributed by atoms with Crippen LogP contribution in [0.25, 0.3) is 11.4 Å². The summed E-state index contributed by atoms with van der Waals surface area (Å²) in [4.78, 5) is 41.6. The number of benzene rings is 2. The Morgan fingerprint density at radius 2 is 1.54 bits per heavy atom. The molecule has 4 rings (SSSR count). The molecule has 1 aliphatic rings. The smallest absolute Gasteiger partial charge is 0.328 e. The number of hydrogen-bond donors (Lipinski definition) is 0. The van der Waals surface area contributed by atoms with Gasteiger partial charge >= 0.3 is 5.97 Å². The van der Waals surface area contributed by atoms with E-state index in [1.807, 2.05) is 18.2 Å². The highest BCUT2D eigenvalue weighted by molar-refractivity contribution is 6.20. The third kappa shape index (κ3) is 2.61. The molecule has 2 heterocycles. The summed E-state index contributed by atoms with van der Waals surface area (Å²) in [5.41, 5.74) is 1.10. The molecule has 0 atom stereocenters. The van der Waals surface area contributed by atoms with Crippen molar-refractivity contribution in [2.75, 3.05) is 0 Å². The summed E-state index contributed by atoms with van der Waals surface area (Å²) >= 11 is 0. The van der Waals surface area contributed by atoms with Crippen LogP contribution in [0.5, 0.6) is 0 Å². The summed E-state index contributed by atoms with van der Waals surface area (Å²) in [6, 6.07) is 15.3. The first-order valence-corrected chi connectivity index (χ1v) is 7.65. The maximum atomic E-state index is 12.2. The van der Waals surface area contributed by atoms with Crippen LogP contribution < -0.4 is 0 Å². The van der Waals surface area contributed by atoms with Gasteiger partial charge in [0.25, 0.3) is 11.8 Å². The SMILES string of the molecule is O=C(Cn1nnnc1-c1ccccc1)ON1C(=O)c2ccccc2C1=O. The Morgan fingerprint density at radius 1 is 0.923 bits per heavy atom. The van der Waals surface area contributed by atoms with Gasteiger partial charge in [0.2, 0.25) is 0 Å². The van der Waals surface area contributed by atoms with Crippen LogP contribution >= 0.6 is 0 Å².